The molecule has 1 aromatic heterocycles. The van der Waals surface area contributed by atoms with Crippen LogP contribution in [-0.2, 0) is 6.42 Å². The maximum Gasteiger partial charge on any atom is 0.142 e. The van der Waals surface area contributed by atoms with Crippen LogP contribution < -0.4 is 5.73 Å². The molecule has 0 spiro atoms. The van der Waals surface area contributed by atoms with Crippen molar-refractivity contribution in [2.45, 2.75) is 32.1 Å². The number of aromatic amines is 1. The zero-order chi connectivity index (χ0) is 15.2. The average Bonchev–Trinajstić information content (AvgIpc) is 2.91. The fourth-order valence-electron chi connectivity index (χ4n) is 2.15. The minimum Gasteiger partial charge on any atom is -0.342 e. The lowest BCUT2D eigenvalue weighted by Crippen LogP contribution is -1.98. The van der Waals surface area contributed by atoms with Crippen LogP contribution in [0.2, 0.25) is 10.0 Å². The first-order valence-electron chi connectivity index (χ1n) is 7.00. The molecule has 2 aromatic rings. The van der Waals surface area contributed by atoms with Crippen molar-refractivity contribution in [1.29, 1.82) is 0 Å². The Hall–Kier alpha value is -1.10. The number of aryl methyl sites for hydroxylation is 1. The molecule has 0 fully saturated rings. The highest BCUT2D eigenvalue weighted by Gasteiger charge is 2.11. The number of halogens is 3. The molecule has 0 saturated carbocycles. The van der Waals surface area contributed by atoms with Gasteiger partial charge < -0.3 is 10.7 Å². The van der Waals surface area contributed by atoms with Crippen molar-refractivity contribution < 1.29 is 4.39 Å². The first-order chi connectivity index (χ1) is 10.1. The normalized spacial score (nSPS) is 11.0. The Morgan fingerprint density at radius 1 is 1.10 bits per heavy atom. The number of aromatic nitrogens is 2. The van der Waals surface area contributed by atoms with Crippen molar-refractivity contribution in [3.63, 3.8) is 0 Å². The van der Waals surface area contributed by atoms with Crippen LogP contribution in [-0.4, -0.2) is 16.5 Å². The second kappa shape index (κ2) is 7.78. The van der Waals surface area contributed by atoms with E-state index in [9.17, 15) is 4.39 Å². The molecular weight excluding hydrogens is 312 g/mol. The molecule has 0 aliphatic heterocycles. The average molecular weight is 330 g/mol. The van der Waals surface area contributed by atoms with Crippen molar-refractivity contribution >= 4 is 23.2 Å². The van der Waals surface area contributed by atoms with Crippen molar-refractivity contribution in [2.24, 2.45) is 5.73 Å². The molecule has 3 N–H and O–H groups in total. The van der Waals surface area contributed by atoms with Crippen molar-refractivity contribution in [2.75, 3.05) is 6.54 Å². The largest absolute Gasteiger partial charge is 0.342 e. The Labute approximate surface area is 133 Å². The topological polar surface area (TPSA) is 54.7 Å². The van der Waals surface area contributed by atoms with Gasteiger partial charge in [0.25, 0.3) is 0 Å². The molecule has 1 aromatic carbocycles. The molecule has 21 heavy (non-hydrogen) atoms. The Bertz CT molecular complexity index is 599. The molecule has 2 rings (SSSR count). The number of rotatable bonds is 7. The van der Waals surface area contributed by atoms with Gasteiger partial charge in [0.1, 0.15) is 11.6 Å². The van der Waals surface area contributed by atoms with Crippen LogP contribution in [0.4, 0.5) is 4.39 Å². The molecule has 0 aliphatic carbocycles. The highest BCUT2D eigenvalue weighted by molar-refractivity contribution is 6.36. The number of hydrogen-bond donors (Lipinski definition) is 2. The molecule has 0 aliphatic rings. The monoisotopic (exact) mass is 329 g/mol. The van der Waals surface area contributed by atoms with Crippen LogP contribution in [0.3, 0.4) is 0 Å². The predicted octanol–water partition coefficient (Wildman–Crippen LogP) is 4.58. The van der Waals surface area contributed by atoms with Gasteiger partial charge in [-0.15, -0.1) is 0 Å². The maximum atomic E-state index is 13.5. The summed E-state index contributed by atoms with van der Waals surface area (Å²) in [6, 6.07) is 2.73. The lowest BCUT2D eigenvalue weighted by atomic mass is 10.1. The van der Waals surface area contributed by atoms with Gasteiger partial charge in [-0.1, -0.05) is 36.0 Å². The van der Waals surface area contributed by atoms with Gasteiger partial charge in [0.2, 0.25) is 0 Å². The van der Waals surface area contributed by atoms with Crippen LogP contribution in [0.1, 0.15) is 31.5 Å². The third-order valence-corrected chi connectivity index (χ3v) is 3.90. The van der Waals surface area contributed by atoms with E-state index in [-0.39, 0.29) is 5.02 Å². The van der Waals surface area contributed by atoms with E-state index in [1.807, 2.05) is 0 Å². The van der Waals surface area contributed by atoms with Gasteiger partial charge in [-0.25, -0.2) is 9.37 Å². The lowest BCUT2D eigenvalue weighted by molar-refractivity contribution is 0.628. The van der Waals surface area contributed by atoms with Crippen LogP contribution >= 0.6 is 23.2 Å². The SMILES string of the molecule is NCCCCCCc1ncc(-c2cc(F)c(Cl)cc2Cl)[nH]1. The molecule has 114 valence electrons. The molecule has 3 nitrogen and oxygen atoms in total. The Kier molecular flexibility index (Phi) is 6.03. The fraction of sp³-hybridized carbons (Fsp3) is 0.400. The first-order valence-corrected chi connectivity index (χ1v) is 7.76. The molecular formula is C15H18Cl2FN3. The molecule has 0 radical (unpaired) electrons. The maximum absolute atomic E-state index is 13.5. The number of nitrogens with two attached hydrogens (primary N) is 1. The van der Waals surface area contributed by atoms with Crippen LogP contribution in [0, 0.1) is 5.82 Å². The first kappa shape index (κ1) is 16.3. The number of nitrogens with zero attached hydrogens (tertiary/aromatic N) is 1. The van der Waals surface area contributed by atoms with Crippen molar-refractivity contribution in [3.05, 3.63) is 40.0 Å². The fourth-order valence-corrected chi connectivity index (χ4v) is 2.63. The summed E-state index contributed by atoms with van der Waals surface area (Å²) in [5.41, 5.74) is 6.73. The summed E-state index contributed by atoms with van der Waals surface area (Å²) in [7, 11) is 0. The predicted molar refractivity (Wildman–Crippen MR) is 85.2 cm³/mol. The Morgan fingerprint density at radius 2 is 1.86 bits per heavy atom. The quantitative estimate of drug-likeness (QED) is 0.576. The van der Waals surface area contributed by atoms with Crippen LogP contribution in [0.5, 0.6) is 0 Å². The summed E-state index contributed by atoms with van der Waals surface area (Å²) in [5, 5.41) is 0.419. The summed E-state index contributed by atoms with van der Waals surface area (Å²) < 4.78 is 13.5. The van der Waals surface area contributed by atoms with Gasteiger partial charge in [-0.2, -0.15) is 0 Å². The highest BCUT2D eigenvalue weighted by Crippen LogP contribution is 2.31. The van der Waals surface area contributed by atoms with E-state index >= 15 is 0 Å². The highest BCUT2D eigenvalue weighted by atomic mass is 35.5. The van der Waals surface area contributed by atoms with Gasteiger partial charge in [0.05, 0.1) is 21.9 Å². The number of H-pyrrole nitrogens is 1. The number of imidazole rings is 1. The minimum absolute atomic E-state index is 0.0170. The van der Waals surface area contributed by atoms with Crippen LogP contribution in [0.25, 0.3) is 11.3 Å². The van der Waals surface area contributed by atoms with Gasteiger partial charge in [0.15, 0.2) is 0 Å². The molecule has 6 heteroatoms. The van der Waals surface area contributed by atoms with Crippen molar-refractivity contribution in [3.8, 4) is 11.3 Å². The van der Waals surface area contributed by atoms with E-state index in [2.05, 4.69) is 9.97 Å². The summed E-state index contributed by atoms with van der Waals surface area (Å²) in [6.07, 6.45) is 6.91. The smallest absolute Gasteiger partial charge is 0.142 e. The van der Waals surface area contributed by atoms with Gasteiger partial charge in [-0.3, -0.25) is 0 Å². The Morgan fingerprint density at radius 3 is 2.62 bits per heavy atom. The summed E-state index contributed by atoms with van der Waals surface area (Å²) in [4.78, 5) is 7.49. The number of nitrogens with one attached hydrogen (secondary N) is 1. The van der Waals surface area contributed by atoms with E-state index in [0.29, 0.717) is 16.3 Å². The van der Waals surface area contributed by atoms with Gasteiger partial charge in [-0.05, 0) is 31.5 Å². The molecule has 1 heterocycles. The summed E-state index contributed by atoms with van der Waals surface area (Å²) in [5.74, 6) is 0.387. The van der Waals surface area contributed by atoms with E-state index in [1.54, 1.807) is 6.20 Å². The third-order valence-electron chi connectivity index (χ3n) is 3.30. The van der Waals surface area contributed by atoms with Gasteiger partial charge >= 0.3 is 0 Å². The molecule has 0 atom stereocenters. The molecule has 0 saturated heterocycles. The molecule has 0 bridgehead atoms. The van der Waals surface area contributed by atoms with Crippen LogP contribution in [0.15, 0.2) is 18.3 Å². The second-order valence-corrected chi connectivity index (χ2v) is 5.76. The number of hydrogen-bond acceptors (Lipinski definition) is 2. The lowest BCUT2D eigenvalue weighted by Gasteiger charge is -2.03. The van der Waals surface area contributed by atoms with Crippen molar-refractivity contribution in [1.82, 2.24) is 9.97 Å². The van der Waals surface area contributed by atoms with E-state index < -0.39 is 5.82 Å². The van der Waals surface area contributed by atoms with Gasteiger partial charge in [0, 0.05) is 12.0 Å². The third kappa shape index (κ3) is 4.43. The minimum atomic E-state index is -0.492. The number of benzene rings is 1. The number of unbranched alkanes of at least 4 members (excludes halogenated alkanes) is 3. The molecule has 0 unspecified atom stereocenters. The van der Waals surface area contributed by atoms with E-state index in [0.717, 1.165) is 44.5 Å². The zero-order valence-corrected chi connectivity index (χ0v) is 13.1. The summed E-state index contributed by atoms with van der Waals surface area (Å²) >= 11 is 11.8. The summed E-state index contributed by atoms with van der Waals surface area (Å²) in [6.45, 7) is 0.742. The van der Waals surface area contributed by atoms with E-state index in [4.69, 9.17) is 28.9 Å². The Balaban J connectivity index is 2.01. The standard InChI is InChI=1S/C15H18Cl2FN3/c16-11-8-12(17)13(18)7-10(11)14-9-20-15(21-14)5-3-1-2-4-6-19/h7-9H,1-6,19H2,(H,20,21). The second-order valence-electron chi connectivity index (χ2n) is 4.94. The molecule has 0 amide bonds. The zero-order valence-electron chi connectivity index (χ0n) is 11.6. The van der Waals surface area contributed by atoms with E-state index in [1.165, 1.54) is 12.1 Å².